The van der Waals surface area contributed by atoms with E-state index in [1.165, 1.54) is 13.8 Å². The van der Waals surface area contributed by atoms with Crippen LogP contribution in [0.15, 0.2) is 12.2 Å². The van der Waals surface area contributed by atoms with Crippen molar-refractivity contribution >= 4 is 11.9 Å². The largest absolute Gasteiger partial charge is 0.463 e. The van der Waals surface area contributed by atoms with Gasteiger partial charge in [-0.1, -0.05) is 19.1 Å². The van der Waals surface area contributed by atoms with Gasteiger partial charge in [-0.25, -0.2) is 0 Å². The number of esters is 2. The van der Waals surface area contributed by atoms with Gasteiger partial charge >= 0.3 is 11.9 Å². The molecule has 9 fully saturated rings. The monoisotopic (exact) mass is 429 g/mol. The summed E-state index contributed by atoms with van der Waals surface area (Å²) in [7, 11) is 0. The van der Waals surface area contributed by atoms with Crippen molar-refractivity contribution in [1.29, 1.82) is 0 Å². The minimum Gasteiger partial charge on any atom is -0.463 e. The van der Waals surface area contributed by atoms with Gasteiger partial charge in [-0.15, -0.1) is 0 Å². The molecule has 3 heterocycles. The van der Waals surface area contributed by atoms with Crippen LogP contribution in [0.4, 0.5) is 0 Å². The molecule has 9 bridgehead atoms. The summed E-state index contributed by atoms with van der Waals surface area (Å²) < 4.78 is 11.6. The molecule has 6 aliphatic carbocycles. The van der Waals surface area contributed by atoms with Gasteiger partial charge in [0, 0.05) is 55.1 Å². The van der Waals surface area contributed by atoms with Gasteiger partial charge < -0.3 is 19.7 Å². The average molecular weight is 430 g/mol. The Hall–Kier alpha value is -1.44. The van der Waals surface area contributed by atoms with Gasteiger partial charge in [-0.2, -0.15) is 0 Å². The predicted molar refractivity (Wildman–Crippen MR) is 107 cm³/mol. The quantitative estimate of drug-likeness (QED) is 0.500. The molecule has 13 atom stereocenters. The normalized spacial score (nSPS) is 63.5. The second kappa shape index (κ2) is 5.05. The van der Waals surface area contributed by atoms with Crippen LogP contribution in [0.2, 0.25) is 0 Å². The van der Waals surface area contributed by atoms with E-state index in [4.69, 9.17) is 9.47 Å². The topological polar surface area (TPSA) is 96.3 Å². The van der Waals surface area contributed by atoms with Crippen molar-refractivity contribution in [2.45, 2.75) is 82.5 Å². The van der Waals surface area contributed by atoms with E-state index in [0.29, 0.717) is 24.8 Å². The van der Waals surface area contributed by atoms with Crippen LogP contribution < -0.4 is 0 Å². The summed E-state index contributed by atoms with van der Waals surface area (Å²) >= 11 is 0. The molecule has 2 N–H and O–H groups in total. The van der Waals surface area contributed by atoms with Crippen molar-refractivity contribution < 1.29 is 29.3 Å². The fourth-order valence-corrected chi connectivity index (χ4v) is 11.3. The Morgan fingerprint density at radius 3 is 2.52 bits per heavy atom. The number of aliphatic hydroxyl groups excluding tert-OH is 1. The third-order valence-corrected chi connectivity index (χ3v) is 10.9. The number of carbonyl (C=O) groups is 2. The summed E-state index contributed by atoms with van der Waals surface area (Å²) in [5.41, 5.74) is -1.20. The molecule has 5 unspecified atom stereocenters. The summed E-state index contributed by atoms with van der Waals surface area (Å²) in [6, 6.07) is 0.176. The van der Waals surface area contributed by atoms with Gasteiger partial charge in [0.1, 0.15) is 17.8 Å². The first-order valence-corrected chi connectivity index (χ1v) is 11.7. The smallest absolute Gasteiger partial charge is 0.303 e. The van der Waals surface area contributed by atoms with Crippen LogP contribution in [0.5, 0.6) is 0 Å². The van der Waals surface area contributed by atoms with Gasteiger partial charge in [0.15, 0.2) is 0 Å². The third-order valence-electron chi connectivity index (χ3n) is 10.9. The first-order valence-electron chi connectivity index (χ1n) is 11.7. The first kappa shape index (κ1) is 19.1. The van der Waals surface area contributed by atoms with Crippen LogP contribution in [0, 0.1) is 34.0 Å². The molecule has 0 amide bonds. The van der Waals surface area contributed by atoms with Crippen LogP contribution >= 0.6 is 0 Å². The van der Waals surface area contributed by atoms with E-state index >= 15 is 0 Å². The number of hydrogen-bond donors (Lipinski definition) is 2. The maximum absolute atomic E-state index is 12.6. The Morgan fingerprint density at radius 1 is 1.13 bits per heavy atom. The molecule has 7 nitrogen and oxygen atoms in total. The lowest BCUT2D eigenvalue weighted by Gasteiger charge is -2.68. The molecule has 0 radical (unpaired) electrons. The molecule has 31 heavy (non-hydrogen) atoms. The fraction of sp³-hybridized carbons (Fsp3) is 0.833. The minimum absolute atomic E-state index is 0.0120. The van der Waals surface area contributed by atoms with Gasteiger partial charge in [0.2, 0.25) is 0 Å². The number of rotatable bonds is 2. The van der Waals surface area contributed by atoms with E-state index in [9.17, 15) is 19.8 Å². The zero-order chi connectivity index (χ0) is 21.9. The minimum atomic E-state index is -1.21. The lowest BCUT2D eigenvalue weighted by Crippen LogP contribution is -2.77. The first-order chi connectivity index (χ1) is 14.5. The van der Waals surface area contributed by atoms with Crippen molar-refractivity contribution in [2.75, 3.05) is 6.54 Å². The van der Waals surface area contributed by atoms with E-state index in [0.717, 1.165) is 25.0 Å². The van der Waals surface area contributed by atoms with Gasteiger partial charge in [-0.05, 0) is 37.0 Å². The van der Waals surface area contributed by atoms with Crippen LogP contribution in [-0.2, 0) is 19.1 Å². The highest BCUT2D eigenvalue weighted by molar-refractivity contribution is 5.67. The molecular formula is C24H31NO6. The van der Waals surface area contributed by atoms with Crippen molar-refractivity contribution in [2.24, 2.45) is 34.0 Å². The Labute approximate surface area is 181 Å². The van der Waals surface area contributed by atoms with E-state index in [1.807, 2.05) is 0 Å². The standard InChI is InChI=1S/C24H31NO6/c1-10-5-22-8-14-17-21(4)6-13(30-11(2)26)7-23(17)18(22)16(28)15(10)19(31-12(3)27)24(22,29)20(23)25(14)9-21/h13-20,28-29H,1,5-9H2,2-4H3/t13-,14?,15+,16+,17+,18+,19?,20?,21-,22?,23-,24-/m0/s1. The summed E-state index contributed by atoms with van der Waals surface area (Å²) in [5, 5.41) is 24.4. The van der Waals surface area contributed by atoms with E-state index in [-0.39, 0.29) is 34.9 Å². The fourth-order valence-electron chi connectivity index (χ4n) is 11.3. The molecule has 3 saturated heterocycles. The van der Waals surface area contributed by atoms with Crippen LogP contribution in [0.3, 0.4) is 0 Å². The number of piperidine rings is 2. The molecule has 0 aromatic rings. The van der Waals surface area contributed by atoms with Crippen LogP contribution in [0.25, 0.3) is 0 Å². The highest BCUT2D eigenvalue weighted by Crippen LogP contribution is 2.88. The molecule has 3 aliphatic heterocycles. The van der Waals surface area contributed by atoms with Crippen LogP contribution in [-0.4, -0.2) is 69.6 Å². The van der Waals surface area contributed by atoms with Crippen molar-refractivity contribution in [3.63, 3.8) is 0 Å². The zero-order valence-electron chi connectivity index (χ0n) is 18.3. The van der Waals surface area contributed by atoms with E-state index in [1.54, 1.807) is 0 Å². The summed E-state index contributed by atoms with van der Waals surface area (Å²) in [4.78, 5) is 26.5. The molecule has 7 heteroatoms. The predicted octanol–water partition coefficient (Wildman–Crippen LogP) is 1.02. The Morgan fingerprint density at radius 2 is 1.84 bits per heavy atom. The van der Waals surface area contributed by atoms with Crippen LogP contribution in [0.1, 0.15) is 46.5 Å². The molecule has 2 spiro atoms. The molecule has 168 valence electrons. The highest BCUT2D eigenvalue weighted by Gasteiger charge is 2.95. The Bertz CT molecular complexity index is 966. The second-order valence-electron chi connectivity index (χ2n) is 12.1. The number of hydrogen-bond acceptors (Lipinski definition) is 7. The summed E-state index contributed by atoms with van der Waals surface area (Å²) in [6.07, 6.45) is 1.30. The van der Waals surface area contributed by atoms with Crippen molar-refractivity contribution in [3.05, 3.63) is 12.2 Å². The van der Waals surface area contributed by atoms with E-state index in [2.05, 4.69) is 18.4 Å². The number of aliphatic hydroxyl groups is 2. The maximum atomic E-state index is 12.6. The SMILES string of the molecule is C=C1CC23CC4[C@@H]5[C@@]6(C)C[C@H](OC(C)=O)C[C@]57C(N4C6)[C@@]2(O)C(OC(C)=O)[C@H]1[C@@H](O)[C@H]37. The molecule has 0 aromatic carbocycles. The average Bonchev–Trinajstić information content (AvgIpc) is 3.03. The lowest BCUT2D eigenvalue weighted by molar-refractivity contribution is -0.284. The molecule has 6 saturated carbocycles. The van der Waals surface area contributed by atoms with Gasteiger partial charge in [-0.3, -0.25) is 14.5 Å². The number of carbonyl (C=O) groups excluding carboxylic acids is 2. The third kappa shape index (κ3) is 1.65. The molecule has 9 aliphatic rings. The second-order valence-corrected chi connectivity index (χ2v) is 12.1. The maximum Gasteiger partial charge on any atom is 0.303 e. The van der Waals surface area contributed by atoms with Gasteiger partial charge in [0.05, 0.1) is 6.10 Å². The van der Waals surface area contributed by atoms with Crippen molar-refractivity contribution in [3.8, 4) is 0 Å². The van der Waals surface area contributed by atoms with Crippen molar-refractivity contribution in [1.82, 2.24) is 4.90 Å². The molecule has 0 aromatic heterocycles. The summed E-state index contributed by atoms with van der Waals surface area (Å²) in [6.45, 7) is 10.3. The lowest BCUT2D eigenvalue weighted by atomic mass is 9.39. The number of nitrogens with zero attached hydrogens (tertiary/aromatic N) is 1. The summed E-state index contributed by atoms with van der Waals surface area (Å²) in [5.74, 6) is -0.896. The number of fused-ring (bicyclic) bond motifs is 1. The molecule has 9 rings (SSSR count). The zero-order valence-corrected chi connectivity index (χ0v) is 18.3. The number of ether oxygens (including phenoxy) is 2. The Balaban J connectivity index is 1.47. The highest BCUT2D eigenvalue weighted by atomic mass is 16.6. The van der Waals surface area contributed by atoms with Gasteiger partial charge in [0.25, 0.3) is 0 Å². The Kier molecular flexibility index (Phi) is 3.10. The van der Waals surface area contributed by atoms with E-state index < -0.39 is 35.1 Å². The molecular weight excluding hydrogens is 398 g/mol.